The number of phosphoric ester groups is 1. The van der Waals surface area contributed by atoms with Gasteiger partial charge < -0.3 is 24.6 Å². The molecule has 0 heterocycles. The first-order valence-corrected chi connectivity index (χ1v) is 24.3. The number of hydrogen-bond donors (Lipinski definition) is 3. The van der Waals surface area contributed by atoms with Crippen molar-refractivity contribution in [2.24, 2.45) is 0 Å². The van der Waals surface area contributed by atoms with Crippen molar-refractivity contribution in [2.75, 3.05) is 33.0 Å². The molecule has 0 aromatic heterocycles. The maximum absolute atomic E-state index is 12.6. The molecule has 3 unspecified atom stereocenters. The van der Waals surface area contributed by atoms with Crippen LogP contribution < -0.4 is 0 Å². The van der Waals surface area contributed by atoms with Crippen LogP contribution in [0.25, 0.3) is 0 Å². The molecule has 0 fully saturated rings. The van der Waals surface area contributed by atoms with Crippen LogP contribution in [0.2, 0.25) is 0 Å². The number of phosphoric acid groups is 1. The molecule has 0 amide bonds. The first-order chi connectivity index (χ1) is 27.8. The largest absolute Gasteiger partial charge is 0.472 e. The third-order valence-electron chi connectivity index (χ3n) is 9.47. The summed E-state index contributed by atoms with van der Waals surface area (Å²) < 4.78 is 33.4. The summed E-state index contributed by atoms with van der Waals surface area (Å²) in [5, 5.41) is 18.4. The highest BCUT2D eigenvalue weighted by atomic mass is 31.2. The fraction of sp³-hybridized carbons (Fsp3) is 0.766. The number of carbonyl (C=O) groups excluding carboxylic acids is 1. The second kappa shape index (κ2) is 43.7. The number of ether oxygens (including phenoxy) is 2. The second-order valence-electron chi connectivity index (χ2n) is 15.0. The van der Waals surface area contributed by atoms with Gasteiger partial charge >= 0.3 is 13.8 Å². The Bertz CT molecular complexity index is 1070. The van der Waals surface area contributed by atoms with Gasteiger partial charge in [-0.3, -0.25) is 13.8 Å². The molecule has 332 valence electrons. The molecule has 0 aliphatic heterocycles. The van der Waals surface area contributed by atoms with Crippen molar-refractivity contribution in [1.29, 1.82) is 0 Å². The Morgan fingerprint density at radius 3 is 1.51 bits per heavy atom. The molecule has 3 N–H and O–H groups in total. The van der Waals surface area contributed by atoms with E-state index in [1.54, 1.807) is 0 Å². The van der Waals surface area contributed by atoms with Crippen molar-refractivity contribution in [3.05, 3.63) is 60.8 Å². The smallest absolute Gasteiger partial charge is 0.457 e. The van der Waals surface area contributed by atoms with Crippen LogP contribution in [-0.2, 0) is 27.9 Å². The molecule has 0 saturated carbocycles. The van der Waals surface area contributed by atoms with E-state index < -0.39 is 33.2 Å². The third-order valence-corrected chi connectivity index (χ3v) is 10.4. The van der Waals surface area contributed by atoms with Gasteiger partial charge in [-0.1, -0.05) is 184 Å². The summed E-state index contributed by atoms with van der Waals surface area (Å²) in [5.41, 5.74) is 0. The van der Waals surface area contributed by atoms with Crippen LogP contribution in [0.5, 0.6) is 0 Å². The van der Waals surface area contributed by atoms with Crippen LogP contribution in [0, 0.1) is 0 Å². The van der Waals surface area contributed by atoms with Crippen LogP contribution in [0.4, 0.5) is 0 Å². The maximum Gasteiger partial charge on any atom is 0.472 e. The van der Waals surface area contributed by atoms with Gasteiger partial charge in [0.1, 0.15) is 12.2 Å². The lowest BCUT2D eigenvalue weighted by molar-refractivity contribution is -0.154. The topological polar surface area (TPSA) is 132 Å². The summed E-state index contributed by atoms with van der Waals surface area (Å²) in [6.07, 6.45) is 50.3. The predicted molar refractivity (Wildman–Crippen MR) is 237 cm³/mol. The Hall–Kier alpha value is -1.84. The zero-order chi connectivity index (χ0) is 41.8. The van der Waals surface area contributed by atoms with E-state index in [2.05, 4.69) is 74.6 Å². The fourth-order valence-corrected chi connectivity index (χ4v) is 6.82. The average molecular weight is 825 g/mol. The van der Waals surface area contributed by atoms with Gasteiger partial charge in [-0.2, -0.15) is 0 Å². The van der Waals surface area contributed by atoms with Crippen molar-refractivity contribution in [3.8, 4) is 0 Å². The van der Waals surface area contributed by atoms with E-state index in [1.165, 1.54) is 89.9 Å². The van der Waals surface area contributed by atoms with Gasteiger partial charge in [-0.15, -0.1) is 0 Å². The molecular formula is C47H85O9P. The number of carbonyl (C=O) groups is 1. The highest BCUT2D eigenvalue weighted by Gasteiger charge is 2.26. The van der Waals surface area contributed by atoms with E-state index >= 15 is 0 Å². The summed E-state index contributed by atoms with van der Waals surface area (Å²) in [6.45, 7) is 3.37. The van der Waals surface area contributed by atoms with Gasteiger partial charge in [0.15, 0.2) is 0 Å². The van der Waals surface area contributed by atoms with Crippen molar-refractivity contribution < 1.29 is 43.0 Å². The molecule has 57 heavy (non-hydrogen) atoms. The first kappa shape index (κ1) is 55.2. The number of aliphatic hydroxyl groups excluding tert-OH is 2. The van der Waals surface area contributed by atoms with Gasteiger partial charge in [0.05, 0.1) is 26.4 Å². The number of allylic oxidation sites excluding steroid dienone is 10. The molecule has 0 aliphatic rings. The highest BCUT2D eigenvalue weighted by Crippen LogP contribution is 2.43. The molecule has 0 aromatic rings. The highest BCUT2D eigenvalue weighted by molar-refractivity contribution is 7.47. The number of esters is 1. The molecule has 9 nitrogen and oxygen atoms in total. The summed E-state index contributed by atoms with van der Waals surface area (Å²) in [7, 11) is -4.52. The van der Waals surface area contributed by atoms with Crippen LogP contribution in [-0.4, -0.2) is 66.3 Å². The number of hydrogen-bond acceptors (Lipinski definition) is 8. The number of aliphatic hydroxyl groups is 2. The van der Waals surface area contributed by atoms with Gasteiger partial charge in [0, 0.05) is 13.0 Å². The zero-order valence-corrected chi connectivity index (χ0v) is 37.2. The Balaban J connectivity index is 4.16. The second-order valence-corrected chi connectivity index (χ2v) is 16.5. The van der Waals surface area contributed by atoms with Crippen LogP contribution in [0.3, 0.4) is 0 Å². The minimum absolute atomic E-state index is 0.0387. The standard InChI is InChI=1S/C47H85O9P/c1-3-5-7-9-11-13-15-17-19-20-21-22-23-24-25-26-28-30-32-34-36-38-40-53-43-46(44-55-57(51,52)54-42-45(49)41-48)56-47(50)39-37-35-33-31-29-27-18-16-14-12-10-8-6-4-2/h5,7,11,13,17,19,21-22,24-25,45-46,48-49H,3-4,6,8-10,12,14-16,18,20,23,26-44H2,1-2H3,(H,51,52)/b7-5-,13-11-,19-17-,22-21-,25-24-. The van der Waals surface area contributed by atoms with E-state index in [1.807, 2.05) is 0 Å². The van der Waals surface area contributed by atoms with Gasteiger partial charge in [-0.25, -0.2) is 4.57 Å². The molecule has 0 radical (unpaired) electrons. The monoisotopic (exact) mass is 825 g/mol. The molecule has 10 heteroatoms. The minimum atomic E-state index is -4.52. The molecule has 0 rings (SSSR count). The minimum Gasteiger partial charge on any atom is -0.457 e. The lowest BCUT2D eigenvalue weighted by atomic mass is 10.0. The maximum atomic E-state index is 12.6. The molecule has 0 aliphatic carbocycles. The summed E-state index contributed by atoms with van der Waals surface area (Å²) >= 11 is 0. The molecular weight excluding hydrogens is 739 g/mol. The molecule has 3 atom stereocenters. The van der Waals surface area contributed by atoms with Crippen molar-refractivity contribution in [1.82, 2.24) is 0 Å². The lowest BCUT2D eigenvalue weighted by Gasteiger charge is -2.20. The molecule has 0 aromatic carbocycles. The zero-order valence-electron chi connectivity index (χ0n) is 36.3. The normalized spacial score (nSPS) is 14.5. The Kier molecular flexibility index (Phi) is 42.3. The Labute approximate surface area is 349 Å². The molecule has 0 spiro atoms. The number of unbranched alkanes of at least 4 members (excludes halogenated alkanes) is 19. The van der Waals surface area contributed by atoms with Crippen molar-refractivity contribution >= 4 is 13.8 Å². The number of rotatable bonds is 43. The summed E-state index contributed by atoms with van der Waals surface area (Å²) in [4.78, 5) is 22.6. The van der Waals surface area contributed by atoms with E-state index in [4.69, 9.17) is 23.6 Å². The fourth-order valence-electron chi connectivity index (χ4n) is 6.03. The van der Waals surface area contributed by atoms with Crippen LogP contribution in [0.15, 0.2) is 60.8 Å². The molecule has 0 bridgehead atoms. The quantitative estimate of drug-likeness (QED) is 0.0238. The van der Waals surface area contributed by atoms with Gasteiger partial charge in [0.2, 0.25) is 0 Å². The average Bonchev–Trinajstić information content (AvgIpc) is 3.20. The Morgan fingerprint density at radius 1 is 0.561 bits per heavy atom. The van der Waals surface area contributed by atoms with E-state index in [9.17, 15) is 19.4 Å². The van der Waals surface area contributed by atoms with Crippen molar-refractivity contribution in [3.63, 3.8) is 0 Å². The summed E-state index contributed by atoms with van der Waals surface area (Å²) in [5.74, 6) is -0.389. The Morgan fingerprint density at radius 2 is 1.00 bits per heavy atom. The predicted octanol–water partition coefficient (Wildman–Crippen LogP) is 12.8. The van der Waals surface area contributed by atoms with Crippen molar-refractivity contribution in [2.45, 2.75) is 199 Å². The van der Waals surface area contributed by atoms with Gasteiger partial charge in [-0.05, 0) is 57.8 Å². The summed E-state index contributed by atoms with van der Waals surface area (Å²) in [6, 6.07) is 0. The van der Waals surface area contributed by atoms with E-state index in [0.29, 0.717) is 6.61 Å². The molecule has 0 saturated heterocycles. The lowest BCUT2D eigenvalue weighted by Crippen LogP contribution is -2.29. The van der Waals surface area contributed by atoms with Gasteiger partial charge in [0.25, 0.3) is 0 Å². The van der Waals surface area contributed by atoms with Crippen LogP contribution >= 0.6 is 7.82 Å². The first-order valence-electron chi connectivity index (χ1n) is 22.8. The van der Waals surface area contributed by atoms with E-state index in [0.717, 1.165) is 77.0 Å². The van der Waals surface area contributed by atoms with Crippen LogP contribution in [0.1, 0.15) is 187 Å². The third kappa shape index (κ3) is 43.6. The SMILES string of the molecule is CC/C=C\C/C=C\C/C=C\C/C=C\C/C=C\CCCCCCCCOCC(COP(=O)(O)OCC(O)CO)OC(=O)CCCCCCCCCCCCCCCC. The van der Waals surface area contributed by atoms with E-state index in [-0.39, 0.29) is 25.6 Å².